The van der Waals surface area contributed by atoms with Crippen LogP contribution in [-0.4, -0.2) is 56.4 Å². The Balaban J connectivity index is 4.80. The molecular weight excluding hydrogens is 252 g/mol. The fourth-order valence-electron chi connectivity index (χ4n) is 1.99. The van der Waals surface area contributed by atoms with Gasteiger partial charge in [-0.15, -0.1) is 0 Å². The van der Waals surface area contributed by atoms with Crippen LogP contribution in [0, 0.1) is 0 Å². The number of carbonyl (C=O) groups excluding carboxylic acids is 1. The van der Waals surface area contributed by atoms with Gasteiger partial charge in [-0.1, -0.05) is 6.92 Å². The van der Waals surface area contributed by atoms with E-state index in [1.54, 1.807) is 18.9 Å². The van der Waals surface area contributed by atoms with E-state index in [1.165, 1.54) is 0 Å². The van der Waals surface area contributed by atoms with Crippen molar-refractivity contribution in [3.05, 3.63) is 0 Å². The number of amides is 1. The number of sulfone groups is 1. The molecule has 0 heterocycles. The van der Waals surface area contributed by atoms with Gasteiger partial charge >= 0.3 is 0 Å². The molecule has 0 rings (SSSR count). The van der Waals surface area contributed by atoms with Crippen LogP contribution in [0.4, 0.5) is 0 Å². The van der Waals surface area contributed by atoms with Crippen molar-refractivity contribution in [3.63, 3.8) is 0 Å². The Morgan fingerprint density at radius 3 is 2.06 bits per heavy atom. The second-order valence-electron chi connectivity index (χ2n) is 4.38. The van der Waals surface area contributed by atoms with Gasteiger partial charge in [0, 0.05) is 19.1 Å². The van der Waals surface area contributed by atoms with Crippen LogP contribution in [0.2, 0.25) is 0 Å². The standard InChI is InChI=1S/C12H26N2O3S/c1-6-11(13-5)10(4)18(16,17)9-12(15)14(7-2)8-3/h10-11,13H,6-9H2,1-5H3. The molecule has 0 fully saturated rings. The smallest absolute Gasteiger partial charge is 0.237 e. The molecule has 0 aliphatic heterocycles. The summed E-state index contributed by atoms with van der Waals surface area (Å²) in [4.78, 5) is 13.4. The Morgan fingerprint density at radius 2 is 1.72 bits per heavy atom. The van der Waals surface area contributed by atoms with Gasteiger partial charge in [-0.2, -0.15) is 0 Å². The SMILES string of the molecule is CCC(NC)C(C)S(=O)(=O)CC(=O)N(CC)CC. The molecule has 0 aromatic heterocycles. The number of rotatable bonds is 8. The van der Waals surface area contributed by atoms with E-state index < -0.39 is 20.8 Å². The zero-order chi connectivity index (χ0) is 14.3. The highest BCUT2D eigenvalue weighted by Gasteiger charge is 2.30. The minimum atomic E-state index is -3.40. The lowest BCUT2D eigenvalue weighted by Crippen LogP contribution is -2.44. The van der Waals surface area contributed by atoms with Gasteiger partial charge in [-0.25, -0.2) is 8.42 Å². The molecule has 2 atom stereocenters. The number of carbonyl (C=O) groups is 1. The maximum absolute atomic E-state index is 12.1. The lowest BCUT2D eigenvalue weighted by Gasteiger charge is -2.24. The normalized spacial score (nSPS) is 15.2. The van der Waals surface area contributed by atoms with E-state index in [0.29, 0.717) is 13.1 Å². The van der Waals surface area contributed by atoms with Crippen LogP contribution in [0.15, 0.2) is 0 Å². The molecule has 1 amide bonds. The molecule has 6 heteroatoms. The molecular formula is C12H26N2O3S. The largest absolute Gasteiger partial charge is 0.342 e. The highest BCUT2D eigenvalue weighted by Crippen LogP contribution is 2.11. The summed E-state index contributed by atoms with van der Waals surface area (Å²) in [6.07, 6.45) is 0.719. The molecule has 0 saturated carbocycles. The highest BCUT2D eigenvalue weighted by atomic mass is 32.2. The summed E-state index contributed by atoms with van der Waals surface area (Å²) >= 11 is 0. The molecule has 0 bridgehead atoms. The molecule has 5 nitrogen and oxygen atoms in total. The van der Waals surface area contributed by atoms with Crippen molar-refractivity contribution in [2.24, 2.45) is 0 Å². The third kappa shape index (κ3) is 4.57. The minimum Gasteiger partial charge on any atom is -0.342 e. The predicted molar refractivity (Wildman–Crippen MR) is 74.3 cm³/mol. The highest BCUT2D eigenvalue weighted by molar-refractivity contribution is 7.92. The van der Waals surface area contributed by atoms with Crippen LogP contribution in [0.3, 0.4) is 0 Å². The van der Waals surface area contributed by atoms with Gasteiger partial charge in [0.1, 0.15) is 5.75 Å². The van der Waals surface area contributed by atoms with E-state index in [1.807, 2.05) is 20.8 Å². The van der Waals surface area contributed by atoms with Crippen LogP contribution in [0.1, 0.15) is 34.1 Å². The summed E-state index contributed by atoms with van der Waals surface area (Å²) in [5.41, 5.74) is 0. The van der Waals surface area contributed by atoms with E-state index in [0.717, 1.165) is 6.42 Å². The van der Waals surface area contributed by atoms with Crippen molar-refractivity contribution in [1.82, 2.24) is 10.2 Å². The molecule has 2 unspecified atom stereocenters. The first-order chi connectivity index (χ1) is 8.33. The minimum absolute atomic E-state index is 0.112. The Labute approximate surface area is 111 Å². The molecule has 0 radical (unpaired) electrons. The third-order valence-corrected chi connectivity index (χ3v) is 5.50. The fraction of sp³-hybridized carbons (Fsp3) is 0.917. The van der Waals surface area contributed by atoms with Gasteiger partial charge in [-0.3, -0.25) is 4.79 Å². The van der Waals surface area contributed by atoms with Gasteiger partial charge in [0.25, 0.3) is 0 Å². The summed E-state index contributed by atoms with van der Waals surface area (Å²) in [6, 6.07) is -0.112. The van der Waals surface area contributed by atoms with Crippen molar-refractivity contribution in [3.8, 4) is 0 Å². The van der Waals surface area contributed by atoms with E-state index in [4.69, 9.17) is 0 Å². The van der Waals surface area contributed by atoms with Crippen LogP contribution in [-0.2, 0) is 14.6 Å². The average molecular weight is 278 g/mol. The zero-order valence-corrected chi connectivity index (χ0v) is 12.9. The number of nitrogens with zero attached hydrogens (tertiary/aromatic N) is 1. The predicted octanol–water partition coefficient (Wildman–Crippen LogP) is 0.656. The first-order valence-electron chi connectivity index (χ1n) is 6.50. The van der Waals surface area contributed by atoms with Gasteiger partial charge in [0.05, 0.1) is 5.25 Å². The first kappa shape index (κ1) is 17.4. The van der Waals surface area contributed by atoms with E-state index >= 15 is 0 Å². The molecule has 18 heavy (non-hydrogen) atoms. The summed E-state index contributed by atoms with van der Waals surface area (Å²) in [6.45, 7) is 8.37. The van der Waals surface area contributed by atoms with Gasteiger partial charge in [0.15, 0.2) is 9.84 Å². The Kier molecular flexibility index (Phi) is 7.47. The van der Waals surface area contributed by atoms with Crippen molar-refractivity contribution in [2.75, 3.05) is 25.9 Å². The first-order valence-corrected chi connectivity index (χ1v) is 8.22. The molecule has 0 aromatic carbocycles. The van der Waals surface area contributed by atoms with Crippen LogP contribution < -0.4 is 5.32 Å². The molecule has 0 aliphatic carbocycles. The molecule has 0 spiro atoms. The zero-order valence-electron chi connectivity index (χ0n) is 12.1. The Bertz CT molecular complexity index is 346. The van der Waals surface area contributed by atoms with Gasteiger partial charge in [0.2, 0.25) is 5.91 Å². The summed E-state index contributed by atoms with van der Waals surface area (Å²) < 4.78 is 24.3. The van der Waals surface area contributed by atoms with Gasteiger partial charge in [-0.05, 0) is 34.2 Å². The molecule has 0 aliphatic rings. The second kappa shape index (κ2) is 7.74. The van der Waals surface area contributed by atoms with Crippen LogP contribution in [0.25, 0.3) is 0 Å². The van der Waals surface area contributed by atoms with Crippen molar-refractivity contribution in [1.29, 1.82) is 0 Å². The van der Waals surface area contributed by atoms with Crippen molar-refractivity contribution in [2.45, 2.75) is 45.4 Å². The average Bonchev–Trinajstić information content (AvgIpc) is 2.31. The maximum atomic E-state index is 12.1. The lowest BCUT2D eigenvalue weighted by atomic mass is 10.2. The second-order valence-corrected chi connectivity index (χ2v) is 6.74. The quantitative estimate of drug-likeness (QED) is 0.708. The van der Waals surface area contributed by atoms with Gasteiger partial charge < -0.3 is 10.2 Å². The molecule has 0 aromatic rings. The van der Waals surface area contributed by atoms with E-state index in [2.05, 4.69) is 5.32 Å². The number of nitrogens with one attached hydrogen (secondary N) is 1. The summed E-state index contributed by atoms with van der Waals surface area (Å²) in [7, 11) is -1.66. The number of hydrogen-bond donors (Lipinski definition) is 1. The van der Waals surface area contributed by atoms with E-state index in [-0.39, 0.29) is 11.9 Å². The molecule has 1 N–H and O–H groups in total. The number of hydrogen-bond acceptors (Lipinski definition) is 4. The fourth-order valence-corrected chi connectivity index (χ4v) is 3.61. The Morgan fingerprint density at radius 1 is 1.22 bits per heavy atom. The topological polar surface area (TPSA) is 66.5 Å². The van der Waals surface area contributed by atoms with E-state index in [9.17, 15) is 13.2 Å². The summed E-state index contributed by atoms with van der Waals surface area (Å²) in [5, 5.41) is 2.43. The summed E-state index contributed by atoms with van der Waals surface area (Å²) in [5.74, 6) is -0.702. The maximum Gasteiger partial charge on any atom is 0.237 e. The Hall–Kier alpha value is -0.620. The van der Waals surface area contributed by atoms with Crippen molar-refractivity contribution >= 4 is 15.7 Å². The lowest BCUT2D eigenvalue weighted by molar-refractivity contribution is -0.128. The van der Waals surface area contributed by atoms with Crippen LogP contribution >= 0.6 is 0 Å². The third-order valence-electron chi connectivity index (χ3n) is 3.38. The van der Waals surface area contributed by atoms with Crippen molar-refractivity contribution < 1.29 is 13.2 Å². The monoisotopic (exact) mass is 278 g/mol. The molecule has 0 saturated heterocycles. The van der Waals surface area contributed by atoms with Crippen LogP contribution in [0.5, 0.6) is 0 Å². The molecule has 108 valence electrons.